The van der Waals surface area contributed by atoms with Gasteiger partial charge < -0.3 is 4.74 Å². The summed E-state index contributed by atoms with van der Waals surface area (Å²) in [4.78, 5) is 10.5. The maximum atomic E-state index is 11.7. The molecule has 0 bridgehead atoms. The molecule has 12 heavy (non-hydrogen) atoms. The van der Waals surface area contributed by atoms with Crippen molar-refractivity contribution in [2.24, 2.45) is 0 Å². The highest BCUT2D eigenvalue weighted by molar-refractivity contribution is 14.1. The minimum Gasteiger partial charge on any atom is -0.425 e. The van der Waals surface area contributed by atoms with Gasteiger partial charge in [-0.3, -0.25) is 0 Å². The molecule has 0 spiro atoms. The monoisotopic (exact) mass is 280 g/mol. The van der Waals surface area contributed by atoms with Crippen molar-refractivity contribution in [3.63, 3.8) is 0 Å². The molecule has 0 saturated carbocycles. The Morgan fingerprint density at radius 2 is 2.00 bits per heavy atom. The summed E-state index contributed by atoms with van der Waals surface area (Å²) in [6, 6.07) is 6.80. The van der Waals surface area contributed by atoms with E-state index in [1.54, 1.807) is 24.3 Å². The maximum absolute atomic E-state index is 11.7. The lowest BCUT2D eigenvalue weighted by molar-refractivity contribution is -0.135. The highest BCUT2D eigenvalue weighted by Gasteiger charge is 2.01. The molecule has 1 rings (SSSR count). The van der Waals surface area contributed by atoms with E-state index in [0.29, 0.717) is 5.75 Å². The fraction of sp³-hybridized carbons (Fsp3) is 0.125. The molecule has 2 nitrogen and oxygen atoms in total. The van der Waals surface area contributed by atoms with Gasteiger partial charge in [-0.1, -0.05) is 0 Å². The lowest BCUT2D eigenvalue weighted by Crippen LogP contribution is -2.09. The Hall–Kier alpha value is -0.650. The van der Waals surface area contributed by atoms with E-state index in [1.165, 1.54) is 0 Å². The molecule has 1 aromatic carbocycles. The first-order valence-corrected chi connectivity index (χ1v) is 4.32. The van der Waals surface area contributed by atoms with Crippen LogP contribution in [0.25, 0.3) is 0 Å². The average molecular weight is 280 g/mol. The van der Waals surface area contributed by atoms with Crippen LogP contribution in [0.1, 0.15) is 0 Å². The summed E-state index contributed by atoms with van der Waals surface area (Å²) < 4.78 is 17.3. The standard InChI is InChI=1S/C8H6FIO2/c9-5-8(11)12-7-3-1-6(10)2-4-7/h1-4H,5H2. The predicted octanol–water partition coefficient (Wildman–Crippen LogP) is 2.17. The Morgan fingerprint density at radius 1 is 1.42 bits per heavy atom. The summed E-state index contributed by atoms with van der Waals surface area (Å²) in [5.41, 5.74) is 0. The number of hydrogen-bond acceptors (Lipinski definition) is 2. The van der Waals surface area contributed by atoms with Crippen molar-refractivity contribution in [3.8, 4) is 5.75 Å². The lowest BCUT2D eigenvalue weighted by atomic mass is 10.3. The van der Waals surface area contributed by atoms with E-state index in [4.69, 9.17) is 0 Å². The fourth-order valence-corrected chi connectivity index (χ4v) is 1.02. The molecule has 0 atom stereocenters. The number of benzene rings is 1. The van der Waals surface area contributed by atoms with E-state index in [-0.39, 0.29) is 0 Å². The van der Waals surface area contributed by atoms with Crippen LogP contribution in [-0.2, 0) is 4.79 Å². The van der Waals surface area contributed by atoms with Gasteiger partial charge >= 0.3 is 5.97 Å². The van der Waals surface area contributed by atoms with Gasteiger partial charge in [0.1, 0.15) is 5.75 Å². The second kappa shape index (κ2) is 4.39. The Bertz CT molecular complexity index is 271. The topological polar surface area (TPSA) is 26.3 Å². The number of carbonyl (C=O) groups is 1. The first kappa shape index (κ1) is 9.44. The molecule has 0 fully saturated rings. The van der Waals surface area contributed by atoms with Gasteiger partial charge in [-0.25, -0.2) is 9.18 Å². The van der Waals surface area contributed by atoms with Crippen molar-refractivity contribution in [1.82, 2.24) is 0 Å². The van der Waals surface area contributed by atoms with Crippen molar-refractivity contribution in [2.45, 2.75) is 0 Å². The molecule has 1 aromatic rings. The summed E-state index contributed by atoms with van der Waals surface area (Å²) in [5.74, 6) is -0.491. The third-order valence-electron chi connectivity index (χ3n) is 1.15. The van der Waals surface area contributed by atoms with Crippen LogP contribution in [0.3, 0.4) is 0 Å². The van der Waals surface area contributed by atoms with E-state index >= 15 is 0 Å². The first-order valence-electron chi connectivity index (χ1n) is 3.24. The second-order valence-corrected chi connectivity index (χ2v) is 3.31. The first-order chi connectivity index (χ1) is 5.72. The molecule has 0 amide bonds. The van der Waals surface area contributed by atoms with Gasteiger partial charge in [-0.2, -0.15) is 0 Å². The van der Waals surface area contributed by atoms with Crippen molar-refractivity contribution in [2.75, 3.05) is 6.67 Å². The normalized spacial score (nSPS) is 9.50. The summed E-state index contributed by atoms with van der Waals surface area (Å²) >= 11 is 2.12. The van der Waals surface area contributed by atoms with E-state index in [9.17, 15) is 9.18 Å². The Balaban J connectivity index is 2.64. The van der Waals surface area contributed by atoms with Crippen molar-refractivity contribution in [3.05, 3.63) is 27.8 Å². The third-order valence-corrected chi connectivity index (χ3v) is 1.87. The Morgan fingerprint density at radius 3 is 2.50 bits per heavy atom. The van der Waals surface area contributed by atoms with Crippen LogP contribution in [0.5, 0.6) is 5.75 Å². The molecule has 0 aromatic heterocycles. The summed E-state index contributed by atoms with van der Waals surface area (Å²) in [7, 11) is 0. The van der Waals surface area contributed by atoms with Crippen LogP contribution >= 0.6 is 22.6 Å². The highest BCUT2D eigenvalue weighted by atomic mass is 127. The molecular weight excluding hydrogens is 274 g/mol. The van der Waals surface area contributed by atoms with Crippen LogP contribution in [0, 0.1) is 3.57 Å². The van der Waals surface area contributed by atoms with E-state index < -0.39 is 12.6 Å². The number of carbonyl (C=O) groups excluding carboxylic acids is 1. The number of alkyl halides is 1. The number of rotatable bonds is 2. The molecule has 4 heteroatoms. The molecule has 0 heterocycles. The van der Waals surface area contributed by atoms with Gasteiger partial charge in [0, 0.05) is 3.57 Å². The minimum absolute atomic E-state index is 0.373. The molecule has 64 valence electrons. The van der Waals surface area contributed by atoms with Crippen molar-refractivity contribution >= 4 is 28.6 Å². The summed E-state index contributed by atoms with van der Waals surface area (Å²) in [5, 5.41) is 0. The number of esters is 1. The molecule has 0 aliphatic carbocycles. The zero-order chi connectivity index (χ0) is 8.97. The van der Waals surface area contributed by atoms with Gasteiger partial charge in [-0.15, -0.1) is 0 Å². The van der Waals surface area contributed by atoms with Gasteiger partial charge in [0.25, 0.3) is 0 Å². The average Bonchev–Trinajstić information content (AvgIpc) is 2.09. The molecule has 0 N–H and O–H groups in total. The molecule has 0 aliphatic heterocycles. The van der Waals surface area contributed by atoms with Crippen molar-refractivity contribution in [1.29, 1.82) is 0 Å². The second-order valence-electron chi connectivity index (χ2n) is 2.06. The predicted molar refractivity (Wildman–Crippen MR) is 50.8 cm³/mol. The van der Waals surface area contributed by atoms with E-state index in [1.807, 2.05) is 0 Å². The molecule has 0 unspecified atom stereocenters. The summed E-state index contributed by atoms with van der Waals surface area (Å²) in [6.07, 6.45) is 0. The SMILES string of the molecule is O=C(CF)Oc1ccc(I)cc1. The maximum Gasteiger partial charge on any atom is 0.342 e. The van der Waals surface area contributed by atoms with Gasteiger partial charge in [0.2, 0.25) is 0 Å². The highest BCUT2D eigenvalue weighted by Crippen LogP contribution is 2.13. The summed E-state index contributed by atoms with van der Waals surface area (Å²) in [6.45, 7) is -1.09. The fourth-order valence-electron chi connectivity index (χ4n) is 0.661. The van der Waals surface area contributed by atoms with Gasteiger partial charge in [0.05, 0.1) is 0 Å². The minimum atomic E-state index is -1.09. The largest absolute Gasteiger partial charge is 0.425 e. The van der Waals surface area contributed by atoms with Crippen LogP contribution in [0.4, 0.5) is 4.39 Å². The van der Waals surface area contributed by atoms with Crippen molar-refractivity contribution < 1.29 is 13.9 Å². The number of halogens is 2. The van der Waals surface area contributed by atoms with E-state index in [2.05, 4.69) is 27.3 Å². The van der Waals surface area contributed by atoms with E-state index in [0.717, 1.165) is 3.57 Å². The smallest absolute Gasteiger partial charge is 0.342 e. The van der Waals surface area contributed by atoms with Crippen LogP contribution in [0.15, 0.2) is 24.3 Å². The van der Waals surface area contributed by atoms with Crippen LogP contribution < -0.4 is 4.74 Å². The lowest BCUT2D eigenvalue weighted by Gasteiger charge is -2.00. The zero-order valence-electron chi connectivity index (χ0n) is 6.09. The number of ether oxygens (including phenoxy) is 1. The van der Waals surface area contributed by atoms with Crippen LogP contribution in [0.2, 0.25) is 0 Å². The molecule has 0 saturated heterocycles. The molecule has 0 aliphatic rings. The Labute approximate surface area is 82.9 Å². The van der Waals surface area contributed by atoms with Crippen LogP contribution in [-0.4, -0.2) is 12.6 Å². The quantitative estimate of drug-likeness (QED) is 0.471. The molecular formula is C8H6FIO2. The van der Waals surface area contributed by atoms with Gasteiger partial charge in [0.15, 0.2) is 6.67 Å². The Kier molecular flexibility index (Phi) is 3.46. The third kappa shape index (κ3) is 2.77. The molecule has 0 radical (unpaired) electrons. The zero-order valence-corrected chi connectivity index (χ0v) is 8.25. The van der Waals surface area contributed by atoms with Gasteiger partial charge in [-0.05, 0) is 46.9 Å². The number of hydrogen-bond donors (Lipinski definition) is 0.